The van der Waals surface area contributed by atoms with Gasteiger partial charge in [0.25, 0.3) is 11.5 Å². The van der Waals surface area contributed by atoms with E-state index in [0.717, 1.165) is 11.3 Å². The summed E-state index contributed by atoms with van der Waals surface area (Å²) in [5, 5.41) is 11.0. The molecule has 1 aliphatic heterocycles. The standard InChI is InChI=1S/C20H22N2O6/c1-2-28-20(24)19(23)17-7-6-15(18(17)21-8-10-27-11-9-21)12-14-4-3-5-16(13-14)22(25)26/h3-5,12-13H,2,6-11H2,1H3/b15-12+. The molecule has 28 heavy (non-hydrogen) atoms. The van der Waals surface area contributed by atoms with Gasteiger partial charge in [-0.1, -0.05) is 12.1 Å². The van der Waals surface area contributed by atoms with E-state index in [0.29, 0.717) is 50.3 Å². The average molecular weight is 386 g/mol. The molecule has 1 aromatic carbocycles. The summed E-state index contributed by atoms with van der Waals surface area (Å²) in [5.41, 5.74) is 2.74. The van der Waals surface area contributed by atoms with Crippen LogP contribution in [0.3, 0.4) is 0 Å². The second kappa shape index (κ2) is 8.79. The summed E-state index contributed by atoms with van der Waals surface area (Å²) in [4.78, 5) is 37.3. The molecule has 8 nitrogen and oxygen atoms in total. The number of carbonyl (C=O) groups excluding carboxylic acids is 2. The van der Waals surface area contributed by atoms with E-state index in [1.54, 1.807) is 19.1 Å². The topological polar surface area (TPSA) is 99.0 Å². The van der Waals surface area contributed by atoms with Crippen LogP contribution in [0.2, 0.25) is 0 Å². The summed E-state index contributed by atoms with van der Waals surface area (Å²) in [7, 11) is 0. The van der Waals surface area contributed by atoms with Gasteiger partial charge >= 0.3 is 5.97 Å². The number of nitro benzene ring substituents is 1. The molecule has 0 bridgehead atoms. The average Bonchev–Trinajstić information content (AvgIpc) is 3.11. The Morgan fingerprint density at radius 1 is 1.29 bits per heavy atom. The van der Waals surface area contributed by atoms with Crippen molar-refractivity contribution in [3.8, 4) is 0 Å². The van der Waals surface area contributed by atoms with Gasteiger partial charge in [0.2, 0.25) is 0 Å². The number of morpholine rings is 1. The molecule has 0 atom stereocenters. The van der Waals surface area contributed by atoms with Gasteiger partial charge in [-0.05, 0) is 37.0 Å². The van der Waals surface area contributed by atoms with Crippen LogP contribution in [0.1, 0.15) is 25.3 Å². The first-order valence-corrected chi connectivity index (χ1v) is 9.24. The van der Waals surface area contributed by atoms with E-state index in [2.05, 4.69) is 0 Å². The summed E-state index contributed by atoms with van der Waals surface area (Å²) < 4.78 is 10.3. The number of allylic oxidation sites excluding steroid dienone is 1. The molecule has 0 amide bonds. The maximum Gasteiger partial charge on any atom is 0.379 e. The molecule has 0 spiro atoms. The van der Waals surface area contributed by atoms with Crippen LogP contribution in [-0.4, -0.2) is 54.5 Å². The Balaban J connectivity index is 2.00. The van der Waals surface area contributed by atoms with Gasteiger partial charge in [0.1, 0.15) is 0 Å². The van der Waals surface area contributed by atoms with Crippen molar-refractivity contribution in [2.45, 2.75) is 19.8 Å². The fourth-order valence-electron chi connectivity index (χ4n) is 3.48. The van der Waals surface area contributed by atoms with Crippen LogP contribution in [0.25, 0.3) is 6.08 Å². The van der Waals surface area contributed by atoms with Crippen molar-refractivity contribution in [1.29, 1.82) is 0 Å². The van der Waals surface area contributed by atoms with E-state index in [-0.39, 0.29) is 12.3 Å². The lowest BCUT2D eigenvalue weighted by Gasteiger charge is -2.31. The molecule has 0 aromatic heterocycles. The first kappa shape index (κ1) is 19.8. The third-order valence-corrected chi connectivity index (χ3v) is 4.72. The van der Waals surface area contributed by atoms with E-state index in [9.17, 15) is 19.7 Å². The number of ketones is 1. The summed E-state index contributed by atoms with van der Waals surface area (Å²) in [6, 6.07) is 6.34. The molecule has 1 heterocycles. The van der Waals surface area contributed by atoms with Gasteiger partial charge in [-0.2, -0.15) is 0 Å². The molecule has 0 N–H and O–H groups in total. The number of Topliss-reactive ketones (excluding diaryl/α,β-unsaturated/α-hetero) is 1. The minimum atomic E-state index is -0.847. The molecule has 0 unspecified atom stereocenters. The second-order valence-corrected chi connectivity index (χ2v) is 6.50. The number of benzene rings is 1. The third kappa shape index (κ3) is 4.28. The van der Waals surface area contributed by atoms with Crippen molar-refractivity contribution in [2.24, 2.45) is 0 Å². The summed E-state index contributed by atoms with van der Waals surface area (Å²) in [6.07, 6.45) is 2.87. The van der Waals surface area contributed by atoms with Gasteiger partial charge in [-0.3, -0.25) is 14.9 Å². The molecule has 1 saturated heterocycles. The Morgan fingerprint density at radius 3 is 2.71 bits per heavy atom. The predicted molar refractivity (Wildman–Crippen MR) is 101 cm³/mol. The highest BCUT2D eigenvalue weighted by atomic mass is 16.6. The number of non-ortho nitro benzene ring substituents is 1. The molecule has 3 rings (SSSR count). The van der Waals surface area contributed by atoms with Crippen LogP contribution < -0.4 is 0 Å². The number of nitro groups is 1. The van der Waals surface area contributed by atoms with Gasteiger partial charge in [-0.15, -0.1) is 0 Å². The highest BCUT2D eigenvalue weighted by Gasteiger charge is 2.33. The lowest BCUT2D eigenvalue weighted by molar-refractivity contribution is -0.384. The van der Waals surface area contributed by atoms with Crippen molar-refractivity contribution in [3.05, 3.63) is 56.8 Å². The Morgan fingerprint density at radius 2 is 2.04 bits per heavy atom. The molecular weight excluding hydrogens is 364 g/mol. The molecule has 0 saturated carbocycles. The normalized spacial score (nSPS) is 18.5. The predicted octanol–water partition coefficient (Wildman–Crippen LogP) is 2.49. The van der Waals surface area contributed by atoms with Crippen LogP contribution in [0, 0.1) is 10.1 Å². The van der Waals surface area contributed by atoms with Crippen molar-refractivity contribution in [1.82, 2.24) is 4.90 Å². The van der Waals surface area contributed by atoms with Gasteiger partial charge in [-0.25, -0.2) is 4.79 Å². The number of carbonyl (C=O) groups is 2. The largest absolute Gasteiger partial charge is 0.460 e. The van der Waals surface area contributed by atoms with Crippen LogP contribution in [-0.2, 0) is 19.1 Å². The van der Waals surface area contributed by atoms with Gasteiger partial charge in [0, 0.05) is 36.5 Å². The number of hydrogen-bond donors (Lipinski definition) is 0. The van der Waals surface area contributed by atoms with Crippen molar-refractivity contribution in [2.75, 3.05) is 32.9 Å². The minimum Gasteiger partial charge on any atom is -0.460 e. The lowest BCUT2D eigenvalue weighted by atomic mass is 10.1. The molecule has 8 heteroatoms. The Kier molecular flexibility index (Phi) is 6.20. The molecule has 0 radical (unpaired) electrons. The quantitative estimate of drug-likeness (QED) is 0.320. The van der Waals surface area contributed by atoms with Gasteiger partial charge < -0.3 is 14.4 Å². The van der Waals surface area contributed by atoms with Gasteiger partial charge in [0.15, 0.2) is 0 Å². The Hall–Kier alpha value is -3.00. The number of esters is 1. The third-order valence-electron chi connectivity index (χ3n) is 4.72. The molecule has 1 aromatic rings. The van der Waals surface area contributed by atoms with E-state index in [1.807, 2.05) is 11.0 Å². The van der Waals surface area contributed by atoms with E-state index in [1.165, 1.54) is 12.1 Å². The highest BCUT2D eigenvalue weighted by molar-refractivity contribution is 6.40. The van der Waals surface area contributed by atoms with Crippen LogP contribution in [0.5, 0.6) is 0 Å². The maximum atomic E-state index is 12.6. The summed E-state index contributed by atoms with van der Waals surface area (Å²) >= 11 is 0. The van der Waals surface area contributed by atoms with Crippen molar-refractivity contribution < 1.29 is 24.0 Å². The maximum absolute atomic E-state index is 12.6. The molecule has 1 aliphatic carbocycles. The number of rotatable bonds is 6. The van der Waals surface area contributed by atoms with E-state index in [4.69, 9.17) is 9.47 Å². The van der Waals surface area contributed by atoms with Gasteiger partial charge in [0.05, 0.1) is 24.7 Å². The SMILES string of the molecule is CCOC(=O)C(=O)C1=C(N2CCOCC2)/C(=C/c2cccc([N+](=O)[O-])c2)CC1. The second-order valence-electron chi connectivity index (χ2n) is 6.50. The van der Waals surface area contributed by atoms with E-state index >= 15 is 0 Å². The van der Waals surface area contributed by atoms with Crippen molar-refractivity contribution in [3.63, 3.8) is 0 Å². The molecular formula is C20H22N2O6. The van der Waals surface area contributed by atoms with Crippen molar-refractivity contribution >= 4 is 23.5 Å². The highest BCUT2D eigenvalue weighted by Crippen LogP contribution is 2.36. The zero-order chi connectivity index (χ0) is 20.1. The molecule has 1 fully saturated rings. The summed E-state index contributed by atoms with van der Waals surface area (Å²) in [6.45, 7) is 4.09. The fourth-order valence-corrected chi connectivity index (χ4v) is 3.48. The first-order valence-electron chi connectivity index (χ1n) is 9.24. The fraction of sp³-hybridized carbons (Fsp3) is 0.400. The molecule has 148 valence electrons. The van der Waals surface area contributed by atoms with Crippen LogP contribution in [0.4, 0.5) is 5.69 Å². The smallest absolute Gasteiger partial charge is 0.379 e. The molecule has 2 aliphatic rings. The zero-order valence-electron chi connectivity index (χ0n) is 15.7. The van der Waals surface area contributed by atoms with Crippen LogP contribution in [0.15, 0.2) is 41.1 Å². The zero-order valence-corrected chi connectivity index (χ0v) is 15.7. The van der Waals surface area contributed by atoms with Crippen LogP contribution >= 0.6 is 0 Å². The Bertz CT molecular complexity index is 852. The first-order chi connectivity index (χ1) is 13.5. The number of ether oxygens (including phenoxy) is 2. The monoisotopic (exact) mass is 386 g/mol. The van der Waals surface area contributed by atoms with E-state index < -0.39 is 16.7 Å². The minimum absolute atomic E-state index is 0.00655. The number of hydrogen-bond acceptors (Lipinski definition) is 7. The number of nitrogens with zero attached hydrogens (tertiary/aromatic N) is 2. The summed E-state index contributed by atoms with van der Waals surface area (Å²) in [5.74, 6) is -1.47. The lowest BCUT2D eigenvalue weighted by Crippen LogP contribution is -2.37. The Labute approximate surface area is 162 Å².